The molecule has 15 heavy (non-hydrogen) atoms. The summed E-state index contributed by atoms with van der Waals surface area (Å²) in [5, 5.41) is 0. The van der Waals surface area contributed by atoms with Crippen LogP contribution in [0.2, 0.25) is 0 Å². The van der Waals surface area contributed by atoms with E-state index < -0.39 is 0 Å². The van der Waals surface area contributed by atoms with Crippen LogP contribution in [-0.4, -0.2) is 30.2 Å². The van der Waals surface area contributed by atoms with E-state index in [4.69, 9.17) is 0 Å². The highest BCUT2D eigenvalue weighted by Gasteiger charge is 2.39. The van der Waals surface area contributed by atoms with Crippen LogP contribution < -0.4 is 24.0 Å². The van der Waals surface area contributed by atoms with E-state index in [9.17, 15) is 0 Å². The molecule has 1 saturated carbocycles. The smallest absolute Gasteiger partial charge is 0.0892 e. The Morgan fingerprint density at radius 1 is 1.07 bits per heavy atom. The van der Waals surface area contributed by atoms with Gasteiger partial charge in [-0.2, -0.15) is 0 Å². The van der Waals surface area contributed by atoms with Gasteiger partial charge < -0.3 is 28.5 Å². The molecular formula is C13H26IN. The highest BCUT2D eigenvalue weighted by atomic mass is 127. The molecule has 90 valence electrons. The largest absolute Gasteiger partial charge is 1.00 e. The quantitative estimate of drug-likeness (QED) is 0.503. The molecule has 0 spiro atoms. The maximum absolute atomic E-state index is 2.45. The zero-order valence-electron chi connectivity index (χ0n) is 10.3. The summed E-state index contributed by atoms with van der Waals surface area (Å²) in [6, 6.07) is 1.02. The standard InChI is InChI=1S/C13H26N.HI/c1-3-14(9-4-5-10-14)13-8-6-7-12(2)11-13;/h12-13H,3-11H2,1-2H3;1H/q+1;/p-1. The van der Waals surface area contributed by atoms with Crippen LogP contribution >= 0.6 is 0 Å². The van der Waals surface area contributed by atoms with E-state index in [1.165, 1.54) is 62.6 Å². The minimum absolute atomic E-state index is 0. The second-order valence-electron chi connectivity index (χ2n) is 5.61. The summed E-state index contributed by atoms with van der Waals surface area (Å²) < 4.78 is 1.48. The lowest BCUT2D eigenvalue weighted by Gasteiger charge is -2.44. The average Bonchev–Trinajstić information content (AvgIpc) is 2.67. The first-order valence-corrected chi connectivity index (χ1v) is 6.62. The summed E-state index contributed by atoms with van der Waals surface area (Å²) in [6.45, 7) is 9.21. The molecule has 0 N–H and O–H groups in total. The molecule has 2 unspecified atom stereocenters. The summed E-state index contributed by atoms with van der Waals surface area (Å²) >= 11 is 0. The van der Waals surface area contributed by atoms with Gasteiger partial charge in [-0.1, -0.05) is 13.3 Å². The van der Waals surface area contributed by atoms with Crippen molar-refractivity contribution in [3.05, 3.63) is 0 Å². The van der Waals surface area contributed by atoms with E-state index in [1.807, 2.05) is 0 Å². The molecule has 2 heteroatoms. The lowest BCUT2D eigenvalue weighted by atomic mass is 9.85. The van der Waals surface area contributed by atoms with Crippen molar-refractivity contribution >= 4 is 0 Å². The maximum Gasteiger partial charge on any atom is 0.0892 e. The van der Waals surface area contributed by atoms with Gasteiger partial charge in [-0.05, 0) is 25.7 Å². The fourth-order valence-electron chi connectivity index (χ4n) is 3.80. The van der Waals surface area contributed by atoms with Gasteiger partial charge >= 0.3 is 0 Å². The van der Waals surface area contributed by atoms with Gasteiger partial charge in [-0.25, -0.2) is 0 Å². The topological polar surface area (TPSA) is 0 Å². The molecule has 1 nitrogen and oxygen atoms in total. The normalized spacial score (nSPS) is 34.8. The predicted octanol–water partition coefficient (Wildman–Crippen LogP) is 0.200. The summed E-state index contributed by atoms with van der Waals surface area (Å²) in [4.78, 5) is 0. The van der Waals surface area contributed by atoms with E-state index in [2.05, 4.69) is 13.8 Å². The average molecular weight is 323 g/mol. The fraction of sp³-hybridized carbons (Fsp3) is 1.00. The molecule has 2 aliphatic rings. The highest BCUT2D eigenvalue weighted by molar-refractivity contribution is 4.73. The Morgan fingerprint density at radius 3 is 2.27 bits per heavy atom. The number of hydrogen-bond donors (Lipinski definition) is 0. The summed E-state index contributed by atoms with van der Waals surface area (Å²) in [7, 11) is 0. The minimum Gasteiger partial charge on any atom is -1.00 e. The van der Waals surface area contributed by atoms with Crippen molar-refractivity contribution in [3.63, 3.8) is 0 Å². The first-order valence-electron chi connectivity index (χ1n) is 6.62. The van der Waals surface area contributed by atoms with Gasteiger partial charge in [-0.3, -0.25) is 0 Å². The molecular weight excluding hydrogens is 297 g/mol. The van der Waals surface area contributed by atoms with Crippen LogP contribution in [0.3, 0.4) is 0 Å². The Labute approximate surface area is 112 Å². The van der Waals surface area contributed by atoms with Crippen LogP contribution in [0.4, 0.5) is 0 Å². The molecule has 1 saturated heterocycles. The second-order valence-corrected chi connectivity index (χ2v) is 5.61. The lowest BCUT2D eigenvalue weighted by Crippen LogP contribution is -3.00. The Balaban J connectivity index is 0.00000112. The van der Waals surface area contributed by atoms with E-state index in [0.717, 1.165) is 12.0 Å². The van der Waals surface area contributed by atoms with Gasteiger partial charge in [0.05, 0.1) is 25.7 Å². The Kier molecular flexibility index (Phi) is 5.37. The van der Waals surface area contributed by atoms with Gasteiger partial charge in [0.2, 0.25) is 0 Å². The Hall–Kier alpha value is 0.690. The number of rotatable bonds is 2. The van der Waals surface area contributed by atoms with Crippen LogP contribution in [0.25, 0.3) is 0 Å². The molecule has 2 atom stereocenters. The molecule has 2 fully saturated rings. The number of nitrogens with zero attached hydrogens (tertiary/aromatic N) is 1. The Morgan fingerprint density at radius 2 is 1.73 bits per heavy atom. The van der Waals surface area contributed by atoms with Crippen molar-refractivity contribution < 1.29 is 28.5 Å². The number of likely N-dealkylation sites (tertiary alicyclic amines) is 1. The van der Waals surface area contributed by atoms with Crippen molar-refractivity contribution in [2.45, 2.75) is 58.4 Å². The third-order valence-electron chi connectivity index (χ3n) is 4.77. The van der Waals surface area contributed by atoms with E-state index in [1.54, 1.807) is 0 Å². The molecule has 2 rings (SSSR count). The summed E-state index contributed by atoms with van der Waals surface area (Å²) in [5.41, 5.74) is 0. The molecule has 0 bridgehead atoms. The van der Waals surface area contributed by atoms with Crippen molar-refractivity contribution in [2.24, 2.45) is 5.92 Å². The van der Waals surface area contributed by atoms with Gasteiger partial charge in [0.25, 0.3) is 0 Å². The van der Waals surface area contributed by atoms with Crippen LogP contribution in [0.5, 0.6) is 0 Å². The monoisotopic (exact) mass is 323 g/mol. The van der Waals surface area contributed by atoms with Crippen molar-refractivity contribution in [3.8, 4) is 0 Å². The summed E-state index contributed by atoms with van der Waals surface area (Å²) in [5.74, 6) is 0.996. The van der Waals surface area contributed by atoms with Gasteiger partial charge in [0.1, 0.15) is 0 Å². The molecule has 1 aliphatic carbocycles. The van der Waals surface area contributed by atoms with Crippen LogP contribution in [0.15, 0.2) is 0 Å². The van der Waals surface area contributed by atoms with Gasteiger partial charge in [0, 0.05) is 19.3 Å². The number of halogens is 1. The highest BCUT2D eigenvalue weighted by Crippen LogP contribution is 2.34. The van der Waals surface area contributed by atoms with E-state index >= 15 is 0 Å². The number of hydrogen-bond acceptors (Lipinski definition) is 0. The van der Waals surface area contributed by atoms with Crippen molar-refractivity contribution in [1.82, 2.24) is 0 Å². The SMILES string of the molecule is CC[N+]1(C2CCCC(C)C2)CCCC1.[I-]. The molecule has 0 amide bonds. The van der Waals surface area contributed by atoms with Crippen molar-refractivity contribution in [2.75, 3.05) is 19.6 Å². The summed E-state index contributed by atoms with van der Waals surface area (Å²) in [6.07, 6.45) is 8.97. The van der Waals surface area contributed by atoms with Gasteiger partial charge in [0.15, 0.2) is 0 Å². The second kappa shape index (κ2) is 5.85. The van der Waals surface area contributed by atoms with E-state index in [-0.39, 0.29) is 24.0 Å². The fourth-order valence-corrected chi connectivity index (χ4v) is 3.80. The number of quaternary nitrogens is 1. The maximum atomic E-state index is 2.45. The van der Waals surface area contributed by atoms with Crippen LogP contribution in [0, 0.1) is 5.92 Å². The van der Waals surface area contributed by atoms with Crippen molar-refractivity contribution in [1.29, 1.82) is 0 Å². The minimum atomic E-state index is 0. The molecule has 1 aliphatic heterocycles. The third kappa shape index (κ3) is 2.87. The molecule has 1 heterocycles. The molecule has 0 aromatic carbocycles. The first-order chi connectivity index (χ1) is 6.77. The first kappa shape index (κ1) is 13.8. The Bertz CT molecular complexity index is 187. The zero-order valence-corrected chi connectivity index (χ0v) is 12.5. The molecule has 0 radical (unpaired) electrons. The van der Waals surface area contributed by atoms with Gasteiger partial charge in [-0.15, -0.1) is 0 Å². The van der Waals surface area contributed by atoms with E-state index in [0.29, 0.717) is 0 Å². The van der Waals surface area contributed by atoms with Crippen LogP contribution in [-0.2, 0) is 0 Å². The molecule has 0 aromatic rings. The lowest BCUT2D eigenvalue weighted by molar-refractivity contribution is -0.940. The predicted molar refractivity (Wildman–Crippen MR) is 61.2 cm³/mol. The van der Waals surface area contributed by atoms with Crippen LogP contribution in [0.1, 0.15) is 52.4 Å². The molecule has 0 aromatic heterocycles. The zero-order chi connectivity index (χ0) is 10.0. The third-order valence-corrected chi connectivity index (χ3v) is 4.77.